The molecule has 0 aliphatic carbocycles. The normalized spacial score (nSPS) is 13.1. The van der Waals surface area contributed by atoms with E-state index in [4.69, 9.17) is 0 Å². The molecule has 84 valence electrons. The molecule has 1 rings (SSSR count). The number of aliphatic hydroxyl groups is 1. The maximum Gasteiger partial charge on any atom is 0.0636 e. The third kappa shape index (κ3) is 5.24. The van der Waals surface area contributed by atoms with Gasteiger partial charge in [-0.2, -0.15) is 0 Å². The van der Waals surface area contributed by atoms with Gasteiger partial charge in [-0.15, -0.1) is 11.8 Å². The Balaban J connectivity index is 2.36. The van der Waals surface area contributed by atoms with Crippen LogP contribution in [0.25, 0.3) is 0 Å². The van der Waals surface area contributed by atoms with Crippen LogP contribution in [0.3, 0.4) is 0 Å². The lowest BCUT2D eigenvalue weighted by atomic mass is 10.1. The average molecular weight is 224 g/mol. The predicted octanol–water partition coefficient (Wildman–Crippen LogP) is 3.49. The van der Waals surface area contributed by atoms with Gasteiger partial charge in [-0.05, 0) is 31.4 Å². The van der Waals surface area contributed by atoms with Gasteiger partial charge < -0.3 is 5.11 Å². The Kier molecular flexibility index (Phi) is 5.20. The molecule has 0 aliphatic rings. The van der Waals surface area contributed by atoms with Crippen LogP contribution in [-0.4, -0.2) is 17.0 Å². The molecule has 15 heavy (non-hydrogen) atoms. The number of aryl methyl sites for hydroxylation is 1. The zero-order valence-electron chi connectivity index (χ0n) is 9.73. The molecule has 0 saturated carbocycles. The SMILES string of the molecule is Cc1cccc(SCC(O)CC(C)C)c1. The van der Waals surface area contributed by atoms with Gasteiger partial charge in [0.05, 0.1) is 6.10 Å². The van der Waals surface area contributed by atoms with E-state index in [1.165, 1.54) is 10.5 Å². The van der Waals surface area contributed by atoms with Crippen LogP contribution in [0.1, 0.15) is 25.8 Å². The van der Waals surface area contributed by atoms with Crippen LogP contribution in [0.15, 0.2) is 29.2 Å². The quantitative estimate of drug-likeness (QED) is 0.773. The molecule has 0 aliphatic heterocycles. The van der Waals surface area contributed by atoms with Crippen molar-refractivity contribution in [1.82, 2.24) is 0 Å². The molecule has 2 heteroatoms. The molecule has 0 radical (unpaired) electrons. The van der Waals surface area contributed by atoms with Crippen molar-refractivity contribution in [3.8, 4) is 0 Å². The van der Waals surface area contributed by atoms with Gasteiger partial charge >= 0.3 is 0 Å². The summed E-state index contributed by atoms with van der Waals surface area (Å²) in [4.78, 5) is 1.25. The number of benzene rings is 1. The standard InChI is InChI=1S/C13H20OS/c1-10(2)7-12(14)9-15-13-6-4-5-11(3)8-13/h4-6,8,10,12,14H,7,9H2,1-3H3. The van der Waals surface area contributed by atoms with Crippen molar-refractivity contribution in [2.75, 3.05) is 5.75 Å². The number of rotatable bonds is 5. The Bertz CT molecular complexity index is 296. The molecule has 0 saturated heterocycles. The van der Waals surface area contributed by atoms with Crippen LogP contribution in [0, 0.1) is 12.8 Å². The van der Waals surface area contributed by atoms with Crippen molar-refractivity contribution in [3.05, 3.63) is 29.8 Å². The van der Waals surface area contributed by atoms with Gasteiger partial charge in [-0.3, -0.25) is 0 Å². The highest BCUT2D eigenvalue weighted by molar-refractivity contribution is 7.99. The molecule has 0 fully saturated rings. The first-order chi connectivity index (χ1) is 7.08. The Morgan fingerprint density at radius 3 is 2.67 bits per heavy atom. The smallest absolute Gasteiger partial charge is 0.0636 e. The van der Waals surface area contributed by atoms with Gasteiger partial charge in [0.25, 0.3) is 0 Å². The van der Waals surface area contributed by atoms with Gasteiger partial charge in [0, 0.05) is 10.6 Å². The number of thioether (sulfide) groups is 1. The van der Waals surface area contributed by atoms with E-state index < -0.39 is 0 Å². The zero-order chi connectivity index (χ0) is 11.3. The minimum atomic E-state index is -0.185. The summed E-state index contributed by atoms with van der Waals surface area (Å²) in [7, 11) is 0. The minimum absolute atomic E-state index is 0.185. The minimum Gasteiger partial charge on any atom is -0.392 e. The Hall–Kier alpha value is -0.470. The number of hydrogen-bond donors (Lipinski definition) is 1. The molecular weight excluding hydrogens is 204 g/mol. The van der Waals surface area contributed by atoms with Crippen LogP contribution >= 0.6 is 11.8 Å². The first kappa shape index (κ1) is 12.6. The first-order valence-corrected chi connectivity index (χ1v) is 6.44. The molecule has 0 heterocycles. The highest BCUT2D eigenvalue weighted by Crippen LogP contribution is 2.21. The summed E-state index contributed by atoms with van der Waals surface area (Å²) in [5.41, 5.74) is 1.28. The fraction of sp³-hybridized carbons (Fsp3) is 0.538. The van der Waals surface area contributed by atoms with Crippen molar-refractivity contribution >= 4 is 11.8 Å². The largest absolute Gasteiger partial charge is 0.392 e. The third-order valence-electron chi connectivity index (χ3n) is 2.18. The van der Waals surface area contributed by atoms with Crippen molar-refractivity contribution in [1.29, 1.82) is 0 Å². The first-order valence-electron chi connectivity index (χ1n) is 5.45. The molecule has 1 atom stereocenters. The maximum atomic E-state index is 9.73. The second-order valence-electron chi connectivity index (χ2n) is 4.41. The predicted molar refractivity (Wildman–Crippen MR) is 67.4 cm³/mol. The van der Waals surface area contributed by atoms with E-state index in [-0.39, 0.29) is 6.10 Å². The fourth-order valence-electron chi connectivity index (χ4n) is 1.51. The van der Waals surface area contributed by atoms with Crippen LogP contribution in [-0.2, 0) is 0 Å². The van der Waals surface area contributed by atoms with E-state index in [0.29, 0.717) is 5.92 Å². The molecule has 0 amide bonds. The summed E-state index contributed by atoms with van der Waals surface area (Å²) in [5, 5.41) is 9.73. The van der Waals surface area contributed by atoms with Crippen LogP contribution in [0.5, 0.6) is 0 Å². The van der Waals surface area contributed by atoms with Gasteiger partial charge in [-0.1, -0.05) is 31.5 Å². The summed E-state index contributed by atoms with van der Waals surface area (Å²) in [6, 6.07) is 8.41. The monoisotopic (exact) mass is 224 g/mol. The Morgan fingerprint density at radius 2 is 2.07 bits per heavy atom. The van der Waals surface area contributed by atoms with Crippen LogP contribution < -0.4 is 0 Å². The molecular formula is C13H20OS. The van der Waals surface area contributed by atoms with E-state index in [0.717, 1.165) is 12.2 Å². The lowest BCUT2D eigenvalue weighted by molar-refractivity contribution is 0.172. The van der Waals surface area contributed by atoms with Gasteiger partial charge in [0.15, 0.2) is 0 Å². The molecule has 0 aromatic heterocycles. The molecule has 1 aromatic carbocycles. The maximum absolute atomic E-state index is 9.73. The Morgan fingerprint density at radius 1 is 1.33 bits per heavy atom. The van der Waals surface area contributed by atoms with E-state index >= 15 is 0 Å². The van der Waals surface area contributed by atoms with E-state index in [1.807, 2.05) is 0 Å². The summed E-state index contributed by atoms with van der Waals surface area (Å²) >= 11 is 1.73. The summed E-state index contributed by atoms with van der Waals surface area (Å²) < 4.78 is 0. The molecule has 0 bridgehead atoms. The molecule has 1 aromatic rings. The van der Waals surface area contributed by atoms with Gasteiger partial charge in [0.2, 0.25) is 0 Å². The lowest BCUT2D eigenvalue weighted by Crippen LogP contribution is -2.12. The zero-order valence-corrected chi connectivity index (χ0v) is 10.6. The molecule has 1 unspecified atom stereocenters. The lowest BCUT2D eigenvalue weighted by Gasteiger charge is -2.12. The molecule has 1 N–H and O–H groups in total. The van der Waals surface area contributed by atoms with Crippen LogP contribution in [0.4, 0.5) is 0 Å². The second kappa shape index (κ2) is 6.19. The molecule has 1 nitrogen and oxygen atoms in total. The molecule has 0 spiro atoms. The van der Waals surface area contributed by atoms with Gasteiger partial charge in [0.1, 0.15) is 0 Å². The van der Waals surface area contributed by atoms with Crippen molar-refractivity contribution in [2.24, 2.45) is 5.92 Å². The second-order valence-corrected chi connectivity index (χ2v) is 5.50. The highest BCUT2D eigenvalue weighted by Gasteiger charge is 2.07. The summed E-state index contributed by atoms with van der Waals surface area (Å²) in [6.45, 7) is 6.37. The van der Waals surface area contributed by atoms with E-state index in [1.54, 1.807) is 11.8 Å². The van der Waals surface area contributed by atoms with E-state index in [9.17, 15) is 5.11 Å². The van der Waals surface area contributed by atoms with Crippen LogP contribution in [0.2, 0.25) is 0 Å². The summed E-state index contributed by atoms with van der Waals surface area (Å²) in [6.07, 6.45) is 0.703. The topological polar surface area (TPSA) is 20.2 Å². The van der Waals surface area contributed by atoms with Gasteiger partial charge in [-0.25, -0.2) is 0 Å². The van der Waals surface area contributed by atoms with Crippen molar-refractivity contribution < 1.29 is 5.11 Å². The fourth-order valence-corrected chi connectivity index (χ4v) is 2.47. The Labute approximate surface area is 96.9 Å². The average Bonchev–Trinajstić information content (AvgIpc) is 2.14. The number of hydrogen-bond acceptors (Lipinski definition) is 2. The summed E-state index contributed by atoms with van der Waals surface area (Å²) in [5.74, 6) is 1.36. The van der Waals surface area contributed by atoms with E-state index in [2.05, 4.69) is 45.0 Å². The highest BCUT2D eigenvalue weighted by atomic mass is 32.2. The van der Waals surface area contributed by atoms with Crippen molar-refractivity contribution in [3.63, 3.8) is 0 Å². The number of aliphatic hydroxyl groups excluding tert-OH is 1. The van der Waals surface area contributed by atoms with Crippen molar-refractivity contribution in [2.45, 2.75) is 38.2 Å². The third-order valence-corrected chi connectivity index (χ3v) is 3.31.